The lowest BCUT2D eigenvalue weighted by Crippen LogP contribution is -2.37. The summed E-state index contributed by atoms with van der Waals surface area (Å²) in [6, 6.07) is 16.7. The second-order valence-electron chi connectivity index (χ2n) is 11.7. The average Bonchev–Trinajstić information content (AvgIpc) is 3.60. The molecule has 2 aliphatic heterocycles. The highest BCUT2D eigenvalue weighted by Crippen LogP contribution is 2.46. The number of nitrogens with one attached hydrogen (secondary N) is 1. The van der Waals surface area contributed by atoms with Gasteiger partial charge in [-0.3, -0.25) is 14.3 Å². The number of pyridine rings is 1. The van der Waals surface area contributed by atoms with Crippen molar-refractivity contribution in [3.8, 4) is 22.6 Å². The van der Waals surface area contributed by atoms with Crippen molar-refractivity contribution in [1.82, 2.24) is 25.0 Å². The van der Waals surface area contributed by atoms with E-state index < -0.39 is 0 Å². The number of phenolic OH excluding ortho intramolecular Hbond substituents is 1. The quantitative estimate of drug-likeness (QED) is 0.217. The number of hydrogen-bond donors (Lipinski definition) is 2. The molecule has 10 heteroatoms. The fraction of sp³-hybridized carbons (Fsp3) is 0.353. The molecule has 1 fully saturated rings. The molecule has 1 amide bonds. The molecule has 0 bridgehead atoms. The Morgan fingerprint density at radius 3 is 2.64 bits per heavy atom. The number of imidazole rings is 1. The molecule has 0 aliphatic carbocycles. The van der Waals surface area contributed by atoms with E-state index in [2.05, 4.69) is 38.1 Å². The van der Waals surface area contributed by atoms with E-state index in [-0.39, 0.29) is 17.7 Å². The number of aromatic nitrogens is 4. The second kappa shape index (κ2) is 11.7. The van der Waals surface area contributed by atoms with Gasteiger partial charge in [-0.15, -0.1) is 0 Å². The Bertz CT molecular complexity index is 1790. The Kier molecular flexibility index (Phi) is 7.41. The lowest BCUT2D eigenvalue weighted by atomic mass is 9.92. The summed E-state index contributed by atoms with van der Waals surface area (Å²) in [4.78, 5) is 24.7. The largest absolute Gasteiger partial charge is 0.507 e. The number of aromatic hydroxyl groups is 1. The van der Waals surface area contributed by atoms with Crippen molar-refractivity contribution >= 4 is 22.9 Å². The van der Waals surface area contributed by atoms with Crippen LogP contribution in [0.3, 0.4) is 0 Å². The third-order valence-corrected chi connectivity index (χ3v) is 8.94. The predicted octanol–water partition coefficient (Wildman–Crippen LogP) is 5.82. The number of anilines is 1. The number of para-hydroxylation sites is 1. The van der Waals surface area contributed by atoms with Crippen molar-refractivity contribution in [1.29, 1.82) is 0 Å². The number of hydrogen-bond acceptors (Lipinski definition) is 8. The fourth-order valence-corrected chi connectivity index (χ4v) is 6.68. The van der Waals surface area contributed by atoms with Crippen LogP contribution in [0.15, 0.2) is 65.3 Å². The Morgan fingerprint density at radius 2 is 1.89 bits per heavy atom. The predicted molar refractivity (Wildman–Crippen MR) is 167 cm³/mol. The smallest absolute Gasteiger partial charge is 0.255 e. The first kappa shape index (κ1) is 27.9. The minimum absolute atomic E-state index is 0.00645. The topological polar surface area (TPSA) is 119 Å². The van der Waals surface area contributed by atoms with Crippen LogP contribution in [0.2, 0.25) is 0 Å². The zero-order valence-electron chi connectivity index (χ0n) is 25.0. The van der Waals surface area contributed by atoms with Crippen molar-refractivity contribution in [3.05, 3.63) is 83.5 Å². The maximum absolute atomic E-state index is 12.4. The first-order chi connectivity index (χ1) is 21.5. The van der Waals surface area contributed by atoms with Crippen LogP contribution in [0.5, 0.6) is 11.5 Å². The third kappa shape index (κ3) is 5.04. The van der Waals surface area contributed by atoms with Crippen LogP contribution >= 0.6 is 0 Å². The van der Waals surface area contributed by atoms with Gasteiger partial charge in [-0.25, -0.2) is 4.98 Å². The van der Waals surface area contributed by atoms with Gasteiger partial charge in [0.1, 0.15) is 29.7 Å². The number of carbonyl (C=O) groups is 1. The van der Waals surface area contributed by atoms with E-state index >= 15 is 0 Å². The highest BCUT2D eigenvalue weighted by Gasteiger charge is 2.34. The summed E-state index contributed by atoms with van der Waals surface area (Å²) in [5.41, 5.74) is 5.89. The normalized spacial score (nSPS) is 16.7. The van der Waals surface area contributed by atoms with Crippen LogP contribution in [-0.4, -0.2) is 56.9 Å². The molecule has 3 aromatic heterocycles. The summed E-state index contributed by atoms with van der Waals surface area (Å²) in [6.45, 7) is 6.73. The van der Waals surface area contributed by atoms with Crippen LogP contribution in [0.25, 0.3) is 22.2 Å². The third-order valence-electron chi connectivity index (χ3n) is 8.94. The van der Waals surface area contributed by atoms with Crippen LogP contribution in [0, 0.1) is 19.8 Å². The SMILES string of the molecule is Cc1noc(C)c1-c1ccc2nc(N3CCC(CCCNC(=O)c4ccccc4O)CC3)n3c2c1OC[C@@H]3c1ccccn1. The van der Waals surface area contributed by atoms with Gasteiger partial charge in [-0.05, 0) is 81.8 Å². The number of ether oxygens (including phenoxy) is 1. The molecule has 0 radical (unpaired) electrons. The molecule has 226 valence electrons. The number of aryl methyl sites for hydroxylation is 2. The Labute approximate surface area is 255 Å². The Morgan fingerprint density at radius 1 is 1.07 bits per heavy atom. The molecule has 2 aliphatic rings. The monoisotopic (exact) mass is 592 g/mol. The van der Waals surface area contributed by atoms with Crippen molar-refractivity contribution in [2.75, 3.05) is 31.1 Å². The van der Waals surface area contributed by atoms with Crippen molar-refractivity contribution in [2.45, 2.75) is 45.6 Å². The zero-order chi connectivity index (χ0) is 30.2. The van der Waals surface area contributed by atoms with Gasteiger partial charge in [0.2, 0.25) is 5.95 Å². The van der Waals surface area contributed by atoms with Gasteiger partial charge in [0.25, 0.3) is 5.91 Å². The number of amides is 1. The highest BCUT2D eigenvalue weighted by atomic mass is 16.5. The second-order valence-corrected chi connectivity index (χ2v) is 11.7. The van der Waals surface area contributed by atoms with Gasteiger partial charge in [-0.2, -0.15) is 0 Å². The fourth-order valence-electron chi connectivity index (χ4n) is 6.68. The van der Waals surface area contributed by atoms with Gasteiger partial charge < -0.3 is 24.6 Å². The maximum Gasteiger partial charge on any atom is 0.255 e. The van der Waals surface area contributed by atoms with E-state index in [0.717, 1.165) is 89.8 Å². The minimum atomic E-state index is -0.235. The van der Waals surface area contributed by atoms with Crippen molar-refractivity contribution in [2.24, 2.45) is 5.92 Å². The van der Waals surface area contributed by atoms with Crippen LogP contribution in [-0.2, 0) is 0 Å². The van der Waals surface area contributed by atoms with Gasteiger partial charge >= 0.3 is 0 Å². The molecule has 10 nitrogen and oxygen atoms in total. The molecule has 1 atom stereocenters. The number of carbonyl (C=O) groups excluding carboxylic acids is 1. The standard InChI is InChI=1S/C34H36N6O4/c1-21-30(22(2)44-38-21)25-12-13-27-31-32(25)43-20-28(26-10-5-6-16-35-26)40(31)34(37-27)39-18-14-23(15-19-39)8-7-17-36-33(42)24-9-3-4-11-29(24)41/h3-6,9-13,16,23,28,41H,7-8,14-15,17-20H2,1-2H3,(H,36,42)/t28-/m1/s1. The number of nitrogens with zero attached hydrogens (tertiary/aromatic N) is 5. The molecule has 1 saturated heterocycles. The molecule has 0 unspecified atom stereocenters. The first-order valence-corrected chi connectivity index (χ1v) is 15.3. The lowest BCUT2D eigenvalue weighted by Gasteiger charge is -2.35. The van der Waals surface area contributed by atoms with Crippen LogP contribution in [0.4, 0.5) is 5.95 Å². The molecular weight excluding hydrogens is 556 g/mol. The molecule has 0 saturated carbocycles. The Hall–Kier alpha value is -4.86. The van der Waals surface area contributed by atoms with Crippen LogP contribution in [0.1, 0.15) is 59.2 Å². The highest BCUT2D eigenvalue weighted by molar-refractivity contribution is 5.96. The molecule has 5 heterocycles. The summed E-state index contributed by atoms with van der Waals surface area (Å²) in [5.74, 6) is 2.87. The van der Waals surface area contributed by atoms with E-state index in [1.54, 1.807) is 18.2 Å². The molecule has 5 aromatic rings. The van der Waals surface area contributed by atoms with Crippen LogP contribution < -0.4 is 15.0 Å². The van der Waals surface area contributed by atoms with Gasteiger partial charge in [0, 0.05) is 31.4 Å². The Balaban J connectivity index is 1.10. The molecule has 0 spiro atoms. The number of phenols is 1. The molecular formula is C34H36N6O4. The van der Waals surface area contributed by atoms with Gasteiger partial charge in [0.15, 0.2) is 5.75 Å². The summed E-state index contributed by atoms with van der Waals surface area (Å²) in [5, 5.41) is 17.1. The maximum atomic E-state index is 12.4. The van der Waals surface area contributed by atoms with E-state index in [1.807, 2.05) is 32.2 Å². The lowest BCUT2D eigenvalue weighted by molar-refractivity contribution is 0.0949. The molecule has 44 heavy (non-hydrogen) atoms. The van der Waals surface area contributed by atoms with E-state index in [9.17, 15) is 9.90 Å². The van der Waals surface area contributed by atoms with Crippen molar-refractivity contribution in [3.63, 3.8) is 0 Å². The van der Waals surface area contributed by atoms with Gasteiger partial charge in [-0.1, -0.05) is 23.4 Å². The van der Waals surface area contributed by atoms with E-state index in [1.165, 1.54) is 6.07 Å². The summed E-state index contributed by atoms with van der Waals surface area (Å²) >= 11 is 0. The van der Waals surface area contributed by atoms with E-state index in [0.29, 0.717) is 24.6 Å². The average molecular weight is 593 g/mol. The summed E-state index contributed by atoms with van der Waals surface area (Å²) in [6.07, 6.45) is 5.88. The molecule has 7 rings (SSSR count). The van der Waals surface area contributed by atoms with Crippen molar-refractivity contribution < 1.29 is 19.2 Å². The molecule has 2 aromatic carbocycles. The number of rotatable bonds is 8. The van der Waals surface area contributed by atoms with E-state index in [4.69, 9.17) is 19.2 Å². The summed E-state index contributed by atoms with van der Waals surface area (Å²) < 4.78 is 14.4. The minimum Gasteiger partial charge on any atom is -0.507 e. The summed E-state index contributed by atoms with van der Waals surface area (Å²) in [7, 11) is 0. The first-order valence-electron chi connectivity index (χ1n) is 15.3. The number of benzene rings is 2. The van der Waals surface area contributed by atoms with Gasteiger partial charge in [0.05, 0.1) is 28.0 Å². The molecule has 2 N–H and O–H groups in total. The zero-order valence-corrected chi connectivity index (χ0v) is 25.0. The number of piperidine rings is 1.